The molecule has 0 spiro atoms. The van der Waals surface area contributed by atoms with Crippen LogP contribution in [0.3, 0.4) is 0 Å². The van der Waals surface area contributed by atoms with E-state index >= 15 is 0 Å². The van der Waals surface area contributed by atoms with Crippen LogP contribution in [0.5, 0.6) is 0 Å². The topological polar surface area (TPSA) is 23.5 Å². The van der Waals surface area contributed by atoms with Crippen LogP contribution in [0.15, 0.2) is 0 Å². The second kappa shape index (κ2) is 3.06. The second-order valence-electron chi connectivity index (χ2n) is 1.06. The molecule has 0 atom stereocenters. The molecule has 0 unspecified atom stereocenters. The minimum absolute atomic E-state index is 0.0972. The largest absolute Gasteiger partial charge is 0.286 e. The average molecular weight is 93.1 g/mol. The number of rotatable bonds is 2. The van der Waals surface area contributed by atoms with E-state index in [2.05, 4.69) is 0 Å². The molecule has 0 aromatic heterocycles. The van der Waals surface area contributed by atoms with Gasteiger partial charge in [-0.1, -0.05) is 6.92 Å². The molecular weight excluding hydrogens is 85.0 g/mol. The minimum atomic E-state index is -0.319. The lowest BCUT2D eigenvalue weighted by Crippen LogP contribution is -2.06. The molecule has 6 heavy (non-hydrogen) atoms. The molecule has 0 aromatic rings. The van der Waals surface area contributed by atoms with Gasteiger partial charge in [-0.05, 0) is 11.7 Å². The Labute approximate surface area is 36.1 Å². The Kier molecular flexibility index (Phi) is 2.98. The van der Waals surface area contributed by atoms with Crippen molar-refractivity contribution in [3.63, 3.8) is 0 Å². The maximum Gasteiger partial charge on any atom is 0.0564 e. The van der Waals surface area contributed by atoms with Crippen molar-refractivity contribution in [1.29, 1.82) is 0 Å². The van der Waals surface area contributed by atoms with Gasteiger partial charge >= 0.3 is 0 Å². The molecule has 0 aliphatic rings. The summed E-state index contributed by atoms with van der Waals surface area (Å²) in [7, 11) is 0. The fourth-order valence-electron chi connectivity index (χ4n) is 0.185. The third kappa shape index (κ3) is 3.85. The lowest BCUT2D eigenvalue weighted by Gasteiger charge is -1.95. The maximum absolute atomic E-state index is 11.1. The van der Waals surface area contributed by atoms with E-state index in [1.165, 1.54) is 0 Å². The highest BCUT2D eigenvalue weighted by Crippen LogP contribution is 1.81. The third-order valence-electron chi connectivity index (χ3n) is 0.408. The summed E-state index contributed by atoms with van der Waals surface area (Å²) < 4.78 is 11.1. The second-order valence-corrected chi connectivity index (χ2v) is 1.06. The smallest absolute Gasteiger partial charge is 0.0564 e. The highest BCUT2D eigenvalue weighted by molar-refractivity contribution is 4.21. The minimum Gasteiger partial charge on any atom is -0.286 e. The van der Waals surface area contributed by atoms with Crippen molar-refractivity contribution >= 4 is 0 Å². The van der Waals surface area contributed by atoms with Crippen molar-refractivity contribution in [2.75, 3.05) is 6.54 Å². The Hall–Kier alpha value is -0.150. The average Bonchev–Trinajstić information content (AvgIpc) is 1.35. The van der Waals surface area contributed by atoms with Crippen LogP contribution in [0.2, 0.25) is 0 Å². The van der Waals surface area contributed by atoms with E-state index in [1.54, 1.807) is 6.92 Å². The number of halogens is 1. The molecule has 0 aliphatic heterocycles. The first-order valence-electron chi connectivity index (χ1n) is 1.89. The van der Waals surface area contributed by atoms with Crippen LogP contribution in [0.1, 0.15) is 13.3 Å². The van der Waals surface area contributed by atoms with Gasteiger partial charge in [-0.15, -0.1) is 4.48 Å². The van der Waals surface area contributed by atoms with Crippen LogP contribution in [0.25, 0.3) is 0 Å². The molecule has 0 saturated heterocycles. The lowest BCUT2D eigenvalue weighted by molar-refractivity contribution is -0.236. The zero-order chi connectivity index (χ0) is 4.99. The fourth-order valence-corrected chi connectivity index (χ4v) is 0.185. The van der Waals surface area contributed by atoms with Gasteiger partial charge in [-0.3, -0.25) is 5.21 Å². The zero-order valence-electron chi connectivity index (χ0n) is 3.69. The van der Waals surface area contributed by atoms with E-state index in [1.807, 2.05) is 0 Å². The molecule has 1 N–H and O–H groups in total. The molecule has 38 valence electrons. The molecule has 0 amide bonds. The van der Waals surface area contributed by atoms with Gasteiger partial charge in [0.2, 0.25) is 0 Å². The van der Waals surface area contributed by atoms with Crippen molar-refractivity contribution in [2.45, 2.75) is 13.3 Å². The van der Waals surface area contributed by atoms with Crippen LogP contribution >= 0.6 is 0 Å². The first-order valence-corrected chi connectivity index (χ1v) is 1.89. The number of nitrogens with zero attached hydrogens (tertiary/aromatic N) is 1. The van der Waals surface area contributed by atoms with Crippen molar-refractivity contribution < 1.29 is 9.69 Å². The first kappa shape index (κ1) is 5.85. The van der Waals surface area contributed by atoms with Gasteiger partial charge < -0.3 is 0 Å². The van der Waals surface area contributed by atoms with Gasteiger partial charge in [0.25, 0.3) is 0 Å². The monoisotopic (exact) mass is 93.1 g/mol. The van der Waals surface area contributed by atoms with Crippen molar-refractivity contribution in [3.8, 4) is 0 Å². The summed E-state index contributed by atoms with van der Waals surface area (Å²) >= 11 is 0. The lowest BCUT2D eigenvalue weighted by atomic mass is 10.5. The summed E-state index contributed by atoms with van der Waals surface area (Å²) in [5, 5.41) is 7.40. The standard InChI is InChI=1S/C3H8FNO/c1-2-3-5(4)6/h6H,2-3H2,1H3. The Morgan fingerprint density at radius 3 is 2.33 bits per heavy atom. The maximum atomic E-state index is 11.1. The summed E-state index contributed by atoms with van der Waals surface area (Å²) in [6, 6.07) is 0. The van der Waals surface area contributed by atoms with E-state index in [-0.39, 0.29) is 11.8 Å². The Morgan fingerprint density at radius 1 is 1.83 bits per heavy atom. The van der Waals surface area contributed by atoms with Crippen LogP contribution in [0.4, 0.5) is 4.48 Å². The number of hydroxylamine groups is 1. The van der Waals surface area contributed by atoms with Crippen LogP contribution < -0.4 is 0 Å². The summed E-state index contributed by atoms with van der Waals surface area (Å²) in [6.07, 6.45) is 0.632. The highest BCUT2D eigenvalue weighted by atomic mass is 19.2. The van der Waals surface area contributed by atoms with E-state index in [0.29, 0.717) is 6.42 Å². The molecule has 3 heteroatoms. The molecule has 0 rings (SSSR count). The van der Waals surface area contributed by atoms with Crippen LogP contribution in [-0.2, 0) is 0 Å². The molecule has 0 fully saturated rings. The van der Waals surface area contributed by atoms with E-state index in [0.717, 1.165) is 0 Å². The highest BCUT2D eigenvalue weighted by Gasteiger charge is 1.87. The summed E-state index contributed by atoms with van der Waals surface area (Å²) in [4.78, 5) is 0. The van der Waals surface area contributed by atoms with Crippen molar-refractivity contribution in [1.82, 2.24) is 5.29 Å². The van der Waals surface area contributed by atoms with Gasteiger partial charge in [0, 0.05) is 0 Å². The molecule has 0 aliphatic carbocycles. The van der Waals surface area contributed by atoms with Crippen molar-refractivity contribution in [3.05, 3.63) is 0 Å². The zero-order valence-corrected chi connectivity index (χ0v) is 3.69. The predicted octanol–water partition coefficient (Wildman–Crippen LogP) is 0.972. The fraction of sp³-hybridized carbons (Fsp3) is 1.00. The molecule has 0 heterocycles. The molecule has 0 aromatic carbocycles. The van der Waals surface area contributed by atoms with Gasteiger partial charge in [0.1, 0.15) is 0 Å². The first-order chi connectivity index (χ1) is 2.77. The quantitative estimate of drug-likeness (QED) is 0.406. The normalized spacial score (nSPS) is 10.0. The van der Waals surface area contributed by atoms with Gasteiger partial charge in [-0.25, -0.2) is 0 Å². The molecule has 0 bridgehead atoms. The molecule has 2 nitrogen and oxygen atoms in total. The molecular formula is C3H8FNO. The van der Waals surface area contributed by atoms with E-state index < -0.39 is 0 Å². The predicted molar refractivity (Wildman–Crippen MR) is 19.9 cm³/mol. The van der Waals surface area contributed by atoms with Gasteiger partial charge in [0.15, 0.2) is 0 Å². The van der Waals surface area contributed by atoms with Crippen LogP contribution in [0, 0.1) is 0 Å². The summed E-state index contributed by atoms with van der Waals surface area (Å²) in [5.74, 6) is 0. The Balaban J connectivity index is 2.63. The Morgan fingerprint density at radius 2 is 2.33 bits per heavy atom. The number of hydrogen-bond acceptors (Lipinski definition) is 2. The number of hydrogen-bond donors (Lipinski definition) is 1. The molecule has 0 saturated carbocycles. The van der Waals surface area contributed by atoms with E-state index in [4.69, 9.17) is 5.21 Å². The summed E-state index contributed by atoms with van der Waals surface area (Å²) in [6.45, 7) is 1.88. The van der Waals surface area contributed by atoms with E-state index in [9.17, 15) is 4.48 Å². The SMILES string of the molecule is CCCN(O)F. The van der Waals surface area contributed by atoms with Gasteiger partial charge in [-0.2, -0.15) is 0 Å². The third-order valence-corrected chi connectivity index (χ3v) is 0.408. The van der Waals surface area contributed by atoms with Crippen molar-refractivity contribution in [2.24, 2.45) is 0 Å². The summed E-state index contributed by atoms with van der Waals surface area (Å²) in [5.41, 5.74) is 0. The Bertz CT molecular complexity index is 32.0. The van der Waals surface area contributed by atoms with Crippen LogP contribution in [-0.4, -0.2) is 17.0 Å². The van der Waals surface area contributed by atoms with Gasteiger partial charge in [0.05, 0.1) is 6.54 Å². The molecule has 0 radical (unpaired) electrons.